The van der Waals surface area contributed by atoms with Crippen LogP contribution in [0.4, 0.5) is 17.5 Å². The van der Waals surface area contributed by atoms with Crippen LogP contribution in [0.5, 0.6) is 0 Å². The SMILES string of the molecule is Clc1ccc(Nc2ncnc3cnc(NC4CC4)nc23)cc1. The molecule has 0 aliphatic heterocycles. The van der Waals surface area contributed by atoms with Crippen molar-refractivity contribution in [2.24, 2.45) is 0 Å². The number of hydrogen-bond acceptors (Lipinski definition) is 6. The molecule has 1 aliphatic rings. The molecule has 2 aromatic heterocycles. The van der Waals surface area contributed by atoms with Gasteiger partial charge < -0.3 is 10.6 Å². The van der Waals surface area contributed by atoms with Crippen LogP contribution in [-0.2, 0) is 0 Å². The van der Waals surface area contributed by atoms with Gasteiger partial charge in [-0.25, -0.2) is 19.9 Å². The van der Waals surface area contributed by atoms with E-state index in [0.717, 1.165) is 5.69 Å². The third-order valence-corrected chi connectivity index (χ3v) is 3.65. The van der Waals surface area contributed by atoms with Crippen molar-refractivity contribution >= 4 is 40.1 Å². The predicted molar refractivity (Wildman–Crippen MR) is 86.5 cm³/mol. The number of anilines is 3. The normalized spacial score (nSPS) is 14.0. The van der Waals surface area contributed by atoms with Crippen molar-refractivity contribution in [2.75, 3.05) is 10.6 Å². The van der Waals surface area contributed by atoms with Gasteiger partial charge in [-0.1, -0.05) is 11.6 Å². The summed E-state index contributed by atoms with van der Waals surface area (Å²) in [6.45, 7) is 0. The second-order valence-corrected chi connectivity index (χ2v) is 5.64. The maximum Gasteiger partial charge on any atom is 0.223 e. The van der Waals surface area contributed by atoms with E-state index >= 15 is 0 Å². The monoisotopic (exact) mass is 312 g/mol. The van der Waals surface area contributed by atoms with Crippen LogP contribution < -0.4 is 10.6 Å². The minimum atomic E-state index is 0.495. The maximum atomic E-state index is 5.90. The highest BCUT2D eigenvalue weighted by molar-refractivity contribution is 6.30. The van der Waals surface area contributed by atoms with Gasteiger partial charge in [0.15, 0.2) is 5.82 Å². The molecule has 1 fully saturated rings. The fourth-order valence-electron chi connectivity index (χ4n) is 2.10. The molecule has 1 saturated carbocycles. The average Bonchev–Trinajstić information content (AvgIpc) is 3.34. The van der Waals surface area contributed by atoms with E-state index in [2.05, 4.69) is 30.6 Å². The molecule has 7 heteroatoms. The van der Waals surface area contributed by atoms with Crippen LogP contribution in [-0.4, -0.2) is 26.0 Å². The van der Waals surface area contributed by atoms with Gasteiger partial charge in [0.05, 0.1) is 6.20 Å². The number of nitrogens with zero attached hydrogens (tertiary/aromatic N) is 4. The van der Waals surface area contributed by atoms with E-state index in [1.165, 1.54) is 19.2 Å². The molecule has 0 amide bonds. The second-order valence-electron chi connectivity index (χ2n) is 5.20. The van der Waals surface area contributed by atoms with E-state index in [0.29, 0.717) is 33.9 Å². The molecule has 4 rings (SSSR count). The zero-order valence-electron chi connectivity index (χ0n) is 11.6. The van der Waals surface area contributed by atoms with E-state index < -0.39 is 0 Å². The topological polar surface area (TPSA) is 75.6 Å². The molecule has 2 N–H and O–H groups in total. The smallest absolute Gasteiger partial charge is 0.223 e. The third-order valence-electron chi connectivity index (χ3n) is 3.39. The summed E-state index contributed by atoms with van der Waals surface area (Å²) in [5.41, 5.74) is 2.28. The first kappa shape index (κ1) is 13.2. The van der Waals surface area contributed by atoms with Crippen LogP contribution in [0.25, 0.3) is 11.0 Å². The minimum absolute atomic E-state index is 0.495. The standard InChI is InChI=1S/C15H13ClN6/c16-9-1-3-10(4-2-9)20-14-13-12(18-8-19-14)7-17-15(22-13)21-11-5-6-11/h1-4,7-8,11H,5-6H2,(H,17,21,22)(H,18,19,20). The molecule has 0 bridgehead atoms. The van der Waals surface area contributed by atoms with Crippen molar-refractivity contribution in [3.8, 4) is 0 Å². The average molecular weight is 313 g/mol. The largest absolute Gasteiger partial charge is 0.351 e. The zero-order chi connectivity index (χ0) is 14.9. The second kappa shape index (κ2) is 5.38. The van der Waals surface area contributed by atoms with E-state index in [1.807, 2.05) is 24.3 Å². The lowest BCUT2D eigenvalue weighted by Gasteiger charge is -2.09. The molecule has 0 saturated heterocycles. The lowest BCUT2D eigenvalue weighted by molar-refractivity contribution is 1.06. The van der Waals surface area contributed by atoms with Gasteiger partial charge in [-0.3, -0.25) is 0 Å². The Kier molecular flexibility index (Phi) is 3.23. The molecule has 110 valence electrons. The number of halogens is 1. The van der Waals surface area contributed by atoms with Crippen LogP contribution in [0.1, 0.15) is 12.8 Å². The van der Waals surface area contributed by atoms with Crippen molar-refractivity contribution < 1.29 is 0 Å². The molecule has 6 nitrogen and oxygen atoms in total. The summed E-state index contributed by atoms with van der Waals surface area (Å²) in [6, 6.07) is 7.92. The fraction of sp³-hybridized carbons (Fsp3) is 0.200. The number of hydrogen-bond donors (Lipinski definition) is 2. The van der Waals surface area contributed by atoms with Crippen LogP contribution in [0.3, 0.4) is 0 Å². The fourth-order valence-corrected chi connectivity index (χ4v) is 2.22. The summed E-state index contributed by atoms with van der Waals surface area (Å²) in [5.74, 6) is 1.26. The molecule has 1 aliphatic carbocycles. The summed E-state index contributed by atoms with van der Waals surface area (Å²) in [5, 5.41) is 7.22. The van der Waals surface area contributed by atoms with Gasteiger partial charge in [-0.15, -0.1) is 0 Å². The van der Waals surface area contributed by atoms with Gasteiger partial charge in [-0.2, -0.15) is 0 Å². The first-order valence-corrected chi connectivity index (χ1v) is 7.42. The van der Waals surface area contributed by atoms with Crippen molar-refractivity contribution in [3.05, 3.63) is 41.8 Å². The molecule has 0 unspecified atom stereocenters. The van der Waals surface area contributed by atoms with E-state index in [4.69, 9.17) is 11.6 Å². The molecule has 2 heterocycles. The van der Waals surface area contributed by atoms with E-state index in [1.54, 1.807) is 6.20 Å². The van der Waals surface area contributed by atoms with E-state index in [9.17, 15) is 0 Å². The van der Waals surface area contributed by atoms with Gasteiger partial charge in [0.25, 0.3) is 0 Å². The number of fused-ring (bicyclic) bond motifs is 1. The summed E-state index contributed by atoms with van der Waals surface area (Å²) in [7, 11) is 0. The van der Waals surface area contributed by atoms with Gasteiger partial charge >= 0.3 is 0 Å². The molecule has 22 heavy (non-hydrogen) atoms. The van der Waals surface area contributed by atoms with Crippen molar-refractivity contribution in [1.29, 1.82) is 0 Å². The van der Waals surface area contributed by atoms with Crippen LogP contribution in [0.2, 0.25) is 5.02 Å². The van der Waals surface area contributed by atoms with Gasteiger partial charge in [0.2, 0.25) is 5.95 Å². The highest BCUT2D eigenvalue weighted by atomic mass is 35.5. The van der Waals surface area contributed by atoms with Crippen LogP contribution in [0.15, 0.2) is 36.8 Å². The first-order valence-electron chi connectivity index (χ1n) is 7.05. The van der Waals surface area contributed by atoms with Crippen molar-refractivity contribution in [3.63, 3.8) is 0 Å². The number of aromatic nitrogens is 4. The summed E-state index contributed by atoms with van der Waals surface area (Å²) in [4.78, 5) is 17.3. The molecule has 0 spiro atoms. The van der Waals surface area contributed by atoms with Crippen molar-refractivity contribution in [1.82, 2.24) is 19.9 Å². The first-order chi connectivity index (χ1) is 10.8. The molecular formula is C15H13ClN6. The van der Waals surface area contributed by atoms with Crippen molar-refractivity contribution in [2.45, 2.75) is 18.9 Å². The van der Waals surface area contributed by atoms with Gasteiger partial charge in [-0.05, 0) is 37.1 Å². The molecule has 0 radical (unpaired) electrons. The molecule has 1 aromatic carbocycles. The summed E-state index contributed by atoms with van der Waals surface area (Å²) < 4.78 is 0. The highest BCUT2D eigenvalue weighted by Gasteiger charge is 2.22. The third kappa shape index (κ3) is 2.78. The van der Waals surface area contributed by atoms with Gasteiger partial charge in [0.1, 0.15) is 17.4 Å². The number of rotatable bonds is 4. The quantitative estimate of drug-likeness (QED) is 0.769. The summed E-state index contributed by atoms with van der Waals surface area (Å²) >= 11 is 5.90. The minimum Gasteiger partial charge on any atom is -0.351 e. The molecular weight excluding hydrogens is 300 g/mol. The Balaban J connectivity index is 1.70. The van der Waals surface area contributed by atoms with Gasteiger partial charge in [0, 0.05) is 16.8 Å². The Bertz CT molecular complexity index is 816. The Labute approximate surface area is 132 Å². The summed E-state index contributed by atoms with van der Waals surface area (Å²) in [6.07, 6.45) is 5.55. The van der Waals surface area contributed by atoms with E-state index in [-0.39, 0.29) is 0 Å². The maximum absolute atomic E-state index is 5.90. The number of nitrogens with one attached hydrogen (secondary N) is 2. The number of benzene rings is 1. The lowest BCUT2D eigenvalue weighted by atomic mass is 10.3. The Hall–Kier alpha value is -2.47. The Morgan fingerprint density at radius 3 is 2.64 bits per heavy atom. The Morgan fingerprint density at radius 1 is 1.05 bits per heavy atom. The molecule has 0 atom stereocenters. The molecule has 3 aromatic rings. The highest BCUT2D eigenvalue weighted by Crippen LogP contribution is 2.26. The van der Waals surface area contributed by atoms with Crippen LogP contribution >= 0.6 is 11.6 Å². The van der Waals surface area contributed by atoms with Crippen LogP contribution in [0, 0.1) is 0 Å². The zero-order valence-corrected chi connectivity index (χ0v) is 12.4. The Morgan fingerprint density at radius 2 is 1.86 bits per heavy atom. The predicted octanol–water partition coefficient (Wildman–Crippen LogP) is 3.39. The lowest BCUT2D eigenvalue weighted by Crippen LogP contribution is -2.06.